The summed E-state index contributed by atoms with van der Waals surface area (Å²) in [7, 11) is 0. The van der Waals surface area contributed by atoms with Crippen LogP contribution in [-0.2, 0) is 4.79 Å². The third-order valence-corrected chi connectivity index (χ3v) is 4.57. The molecular weight excluding hydrogens is 272 g/mol. The topological polar surface area (TPSA) is 55.6 Å². The van der Waals surface area contributed by atoms with Gasteiger partial charge in [0, 0.05) is 23.6 Å². The summed E-state index contributed by atoms with van der Waals surface area (Å²) < 4.78 is 5.72. The van der Waals surface area contributed by atoms with Crippen LogP contribution >= 0.6 is 11.8 Å². The highest BCUT2D eigenvalue weighted by Gasteiger charge is 2.29. The molecule has 2 N–H and O–H groups in total. The first-order chi connectivity index (χ1) is 9.48. The summed E-state index contributed by atoms with van der Waals surface area (Å²) in [6.45, 7) is 6.37. The third kappa shape index (κ3) is 4.07. The number of hydrogen-bond donors (Lipinski definition) is 1. The van der Waals surface area contributed by atoms with Gasteiger partial charge < -0.3 is 15.4 Å². The molecule has 2 rings (SSSR count). The second-order valence-corrected chi connectivity index (χ2v) is 7.36. The summed E-state index contributed by atoms with van der Waals surface area (Å²) in [5.74, 6) is 1.81. The molecule has 4 nitrogen and oxygen atoms in total. The quantitative estimate of drug-likeness (QED) is 0.866. The number of benzene rings is 1. The molecule has 0 bridgehead atoms. The average Bonchev–Trinajstić information content (AvgIpc) is 2.39. The van der Waals surface area contributed by atoms with Crippen LogP contribution in [-0.4, -0.2) is 41.0 Å². The Bertz CT molecular complexity index is 477. The van der Waals surface area contributed by atoms with Crippen molar-refractivity contribution in [1.29, 1.82) is 0 Å². The standard InChI is InChI=1S/C15H22N2O2S/c1-15(2)11-17(8-10-20-15)14(18)7-9-19-13-6-4-3-5-12(13)16/h3-6H,7-11,16H2,1-2H3. The van der Waals surface area contributed by atoms with E-state index in [1.807, 2.05) is 34.9 Å². The van der Waals surface area contributed by atoms with Crippen LogP contribution in [0.2, 0.25) is 0 Å². The number of amides is 1. The Hall–Kier alpha value is -1.36. The van der Waals surface area contributed by atoms with E-state index >= 15 is 0 Å². The van der Waals surface area contributed by atoms with Gasteiger partial charge in [0.2, 0.25) is 5.91 Å². The fraction of sp³-hybridized carbons (Fsp3) is 0.533. The molecule has 1 fully saturated rings. The van der Waals surface area contributed by atoms with E-state index in [0.717, 1.165) is 18.8 Å². The van der Waals surface area contributed by atoms with Gasteiger partial charge in [0.05, 0.1) is 18.7 Å². The predicted octanol–water partition coefficient (Wildman–Crippen LogP) is 2.39. The third-order valence-electron chi connectivity index (χ3n) is 3.27. The fourth-order valence-corrected chi connectivity index (χ4v) is 3.36. The number of rotatable bonds is 4. The van der Waals surface area contributed by atoms with E-state index in [1.165, 1.54) is 0 Å². The van der Waals surface area contributed by atoms with Crippen molar-refractivity contribution in [2.45, 2.75) is 25.0 Å². The van der Waals surface area contributed by atoms with Gasteiger partial charge in [-0.15, -0.1) is 0 Å². The van der Waals surface area contributed by atoms with Crippen molar-refractivity contribution in [1.82, 2.24) is 4.90 Å². The number of carbonyl (C=O) groups is 1. The van der Waals surface area contributed by atoms with Gasteiger partial charge >= 0.3 is 0 Å². The fourth-order valence-electron chi connectivity index (χ4n) is 2.25. The normalized spacial score (nSPS) is 17.8. The Balaban J connectivity index is 1.79. The lowest BCUT2D eigenvalue weighted by Crippen LogP contribution is -2.46. The molecule has 0 saturated carbocycles. The zero-order valence-electron chi connectivity index (χ0n) is 12.1. The molecule has 1 amide bonds. The van der Waals surface area contributed by atoms with Crippen LogP contribution in [0.5, 0.6) is 5.75 Å². The van der Waals surface area contributed by atoms with Crippen LogP contribution in [0, 0.1) is 0 Å². The van der Waals surface area contributed by atoms with Crippen molar-refractivity contribution in [2.75, 3.05) is 31.2 Å². The average molecular weight is 294 g/mol. The molecule has 0 unspecified atom stereocenters. The smallest absolute Gasteiger partial charge is 0.226 e. The van der Waals surface area contributed by atoms with Gasteiger partial charge in [-0.05, 0) is 26.0 Å². The zero-order chi connectivity index (χ0) is 14.6. The number of nitrogens with zero attached hydrogens (tertiary/aromatic N) is 1. The van der Waals surface area contributed by atoms with Crippen molar-refractivity contribution >= 4 is 23.4 Å². The molecule has 1 aromatic carbocycles. The maximum absolute atomic E-state index is 12.2. The molecule has 1 saturated heterocycles. The summed E-state index contributed by atoms with van der Waals surface area (Å²) in [5.41, 5.74) is 6.40. The first-order valence-corrected chi connectivity index (χ1v) is 7.85. The highest BCUT2D eigenvalue weighted by Crippen LogP contribution is 2.29. The number of para-hydroxylation sites is 2. The number of thioether (sulfide) groups is 1. The second kappa shape index (κ2) is 6.39. The number of nitrogen functional groups attached to an aromatic ring is 1. The lowest BCUT2D eigenvalue weighted by atomic mass is 10.2. The van der Waals surface area contributed by atoms with E-state index in [1.54, 1.807) is 6.07 Å². The molecule has 1 heterocycles. The van der Waals surface area contributed by atoms with E-state index in [0.29, 0.717) is 24.5 Å². The van der Waals surface area contributed by atoms with Gasteiger partial charge in [-0.2, -0.15) is 11.8 Å². The first kappa shape index (κ1) is 15.0. The Morgan fingerprint density at radius 1 is 1.45 bits per heavy atom. The van der Waals surface area contributed by atoms with Crippen LogP contribution in [0.3, 0.4) is 0 Å². The number of carbonyl (C=O) groups excluding carboxylic acids is 1. The highest BCUT2D eigenvalue weighted by molar-refractivity contribution is 8.00. The van der Waals surface area contributed by atoms with Gasteiger partial charge in [-0.25, -0.2) is 0 Å². The molecule has 0 aliphatic carbocycles. The molecule has 0 spiro atoms. The summed E-state index contributed by atoms with van der Waals surface area (Å²) >= 11 is 1.92. The van der Waals surface area contributed by atoms with Crippen molar-refractivity contribution in [3.8, 4) is 5.75 Å². The van der Waals surface area contributed by atoms with Crippen LogP contribution in [0.15, 0.2) is 24.3 Å². The van der Waals surface area contributed by atoms with Crippen molar-refractivity contribution in [3.63, 3.8) is 0 Å². The van der Waals surface area contributed by atoms with E-state index in [2.05, 4.69) is 13.8 Å². The first-order valence-electron chi connectivity index (χ1n) is 6.87. The van der Waals surface area contributed by atoms with Crippen LogP contribution in [0.4, 0.5) is 5.69 Å². The highest BCUT2D eigenvalue weighted by atomic mass is 32.2. The lowest BCUT2D eigenvalue weighted by molar-refractivity contribution is -0.132. The zero-order valence-corrected chi connectivity index (χ0v) is 12.9. The van der Waals surface area contributed by atoms with E-state index in [9.17, 15) is 4.79 Å². The number of ether oxygens (including phenoxy) is 1. The van der Waals surface area contributed by atoms with Crippen LogP contribution < -0.4 is 10.5 Å². The maximum Gasteiger partial charge on any atom is 0.226 e. The van der Waals surface area contributed by atoms with E-state index in [4.69, 9.17) is 10.5 Å². The molecule has 0 atom stereocenters. The molecular formula is C15H22N2O2S. The molecule has 20 heavy (non-hydrogen) atoms. The minimum Gasteiger partial charge on any atom is -0.491 e. The minimum atomic E-state index is 0.151. The van der Waals surface area contributed by atoms with Crippen molar-refractivity contribution in [2.24, 2.45) is 0 Å². The van der Waals surface area contributed by atoms with Gasteiger partial charge in [0.25, 0.3) is 0 Å². The monoisotopic (exact) mass is 294 g/mol. The lowest BCUT2D eigenvalue weighted by Gasteiger charge is -2.37. The van der Waals surface area contributed by atoms with Crippen molar-refractivity contribution < 1.29 is 9.53 Å². The Morgan fingerprint density at radius 3 is 2.90 bits per heavy atom. The number of anilines is 1. The second-order valence-electron chi connectivity index (χ2n) is 5.56. The maximum atomic E-state index is 12.2. The SMILES string of the molecule is CC1(C)CN(C(=O)CCOc2ccccc2N)CCS1. The predicted molar refractivity (Wildman–Crippen MR) is 84.1 cm³/mol. The largest absolute Gasteiger partial charge is 0.491 e. The molecule has 0 radical (unpaired) electrons. The Kier molecular flexibility index (Phi) is 4.81. The van der Waals surface area contributed by atoms with Gasteiger partial charge in [0.1, 0.15) is 5.75 Å². The van der Waals surface area contributed by atoms with E-state index in [-0.39, 0.29) is 10.7 Å². The summed E-state index contributed by atoms with van der Waals surface area (Å²) in [6.07, 6.45) is 0.398. The molecule has 1 aliphatic heterocycles. The molecule has 0 aromatic heterocycles. The summed E-state index contributed by atoms with van der Waals surface area (Å²) in [5, 5.41) is 0. The minimum absolute atomic E-state index is 0.151. The molecule has 110 valence electrons. The molecule has 5 heteroatoms. The van der Waals surface area contributed by atoms with Gasteiger partial charge in [0.15, 0.2) is 0 Å². The van der Waals surface area contributed by atoms with Crippen molar-refractivity contribution in [3.05, 3.63) is 24.3 Å². The van der Waals surface area contributed by atoms with Crippen LogP contribution in [0.25, 0.3) is 0 Å². The number of hydrogen-bond acceptors (Lipinski definition) is 4. The number of nitrogens with two attached hydrogens (primary N) is 1. The van der Waals surface area contributed by atoms with E-state index < -0.39 is 0 Å². The molecule has 1 aliphatic rings. The Labute approximate surface area is 124 Å². The van der Waals surface area contributed by atoms with Crippen LogP contribution in [0.1, 0.15) is 20.3 Å². The summed E-state index contributed by atoms with van der Waals surface area (Å²) in [4.78, 5) is 14.1. The molecule has 1 aromatic rings. The summed E-state index contributed by atoms with van der Waals surface area (Å²) in [6, 6.07) is 7.35. The Morgan fingerprint density at radius 2 is 2.20 bits per heavy atom. The van der Waals surface area contributed by atoms with Gasteiger partial charge in [-0.1, -0.05) is 12.1 Å². The van der Waals surface area contributed by atoms with Gasteiger partial charge in [-0.3, -0.25) is 4.79 Å².